The summed E-state index contributed by atoms with van der Waals surface area (Å²) in [5.41, 5.74) is 5.41. The molecule has 26 heavy (non-hydrogen) atoms. The lowest BCUT2D eigenvalue weighted by molar-refractivity contribution is -0.148. The number of methoxy groups -OCH3 is 1. The van der Waals surface area contributed by atoms with Crippen LogP contribution in [0, 0.1) is 0 Å². The number of amides is 2. The summed E-state index contributed by atoms with van der Waals surface area (Å²) in [6, 6.07) is 13.1. The molecule has 0 unspecified atom stereocenters. The van der Waals surface area contributed by atoms with Crippen molar-refractivity contribution in [3.63, 3.8) is 0 Å². The quantitative estimate of drug-likeness (QED) is 0.593. The molecule has 0 saturated carbocycles. The van der Waals surface area contributed by atoms with Gasteiger partial charge in [-0.15, -0.1) is 0 Å². The second-order valence-corrected chi connectivity index (χ2v) is 5.63. The third kappa shape index (κ3) is 6.10. The molecule has 2 aromatic carbocycles. The Morgan fingerprint density at radius 1 is 1.04 bits per heavy atom. The van der Waals surface area contributed by atoms with Crippen LogP contribution in [0.5, 0.6) is 5.75 Å². The highest BCUT2D eigenvalue weighted by atomic mass is 35.5. The number of carbonyl (C=O) groups excluding carboxylic acids is 3. The first-order valence-electron chi connectivity index (χ1n) is 7.61. The molecule has 0 aliphatic heterocycles. The minimum absolute atomic E-state index is 0.00160. The van der Waals surface area contributed by atoms with E-state index in [0.717, 1.165) is 0 Å². The van der Waals surface area contributed by atoms with Crippen LogP contribution < -0.4 is 15.6 Å². The average Bonchev–Trinajstić information content (AvgIpc) is 2.65. The minimum atomic E-state index is -0.661. The highest BCUT2D eigenvalue weighted by Crippen LogP contribution is 2.13. The molecule has 2 rings (SSSR count). The van der Waals surface area contributed by atoms with Gasteiger partial charge in [-0.05, 0) is 42.0 Å². The van der Waals surface area contributed by atoms with Gasteiger partial charge in [-0.3, -0.25) is 25.2 Å². The van der Waals surface area contributed by atoms with Crippen molar-refractivity contribution in [2.75, 3.05) is 13.7 Å². The predicted molar refractivity (Wildman–Crippen MR) is 94.7 cm³/mol. The van der Waals surface area contributed by atoms with E-state index in [2.05, 4.69) is 10.9 Å². The number of carbonyl (C=O) groups is 3. The largest absolute Gasteiger partial charge is 0.497 e. The molecular weight excluding hydrogens is 360 g/mol. The first-order valence-corrected chi connectivity index (χ1v) is 7.99. The molecule has 0 fully saturated rings. The summed E-state index contributed by atoms with van der Waals surface area (Å²) >= 11 is 5.73. The second kappa shape index (κ2) is 9.43. The summed E-state index contributed by atoms with van der Waals surface area (Å²) < 4.78 is 9.94. The van der Waals surface area contributed by atoms with Gasteiger partial charge in [0.2, 0.25) is 0 Å². The van der Waals surface area contributed by atoms with Gasteiger partial charge >= 0.3 is 5.97 Å². The molecule has 0 atom stereocenters. The van der Waals surface area contributed by atoms with Crippen LogP contribution in [0.3, 0.4) is 0 Å². The molecule has 0 radical (unpaired) electrons. The van der Waals surface area contributed by atoms with Gasteiger partial charge in [0.05, 0.1) is 13.5 Å². The summed E-state index contributed by atoms with van der Waals surface area (Å²) in [7, 11) is 1.53. The lowest BCUT2D eigenvalue weighted by Gasteiger charge is -2.08. The van der Waals surface area contributed by atoms with Gasteiger partial charge in [-0.1, -0.05) is 23.7 Å². The maximum Gasteiger partial charge on any atom is 0.310 e. The van der Waals surface area contributed by atoms with Crippen LogP contribution >= 0.6 is 11.6 Å². The molecule has 2 aromatic rings. The highest BCUT2D eigenvalue weighted by Gasteiger charge is 2.11. The van der Waals surface area contributed by atoms with Crippen molar-refractivity contribution < 1.29 is 23.9 Å². The van der Waals surface area contributed by atoms with Gasteiger partial charge < -0.3 is 9.47 Å². The van der Waals surface area contributed by atoms with Gasteiger partial charge in [0.15, 0.2) is 6.61 Å². The monoisotopic (exact) mass is 376 g/mol. The van der Waals surface area contributed by atoms with Crippen LogP contribution in [-0.2, 0) is 20.7 Å². The number of nitrogens with one attached hydrogen (secondary N) is 2. The van der Waals surface area contributed by atoms with E-state index < -0.39 is 24.4 Å². The Bertz CT molecular complexity index is 792. The number of hydrogen-bond donors (Lipinski definition) is 2. The zero-order chi connectivity index (χ0) is 18.9. The number of rotatable bonds is 6. The van der Waals surface area contributed by atoms with E-state index in [4.69, 9.17) is 21.1 Å². The van der Waals surface area contributed by atoms with E-state index in [9.17, 15) is 14.4 Å². The van der Waals surface area contributed by atoms with Crippen LogP contribution in [0.1, 0.15) is 15.9 Å². The van der Waals surface area contributed by atoms with Gasteiger partial charge in [0.1, 0.15) is 5.75 Å². The maximum absolute atomic E-state index is 11.8. The molecular formula is C18H17ClN2O5. The maximum atomic E-state index is 11.8. The van der Waals surface area contributed by atoms with Crippen LogP contribution in [0.4, 0.5) is 0 Å². The molecule has 2 amide bonds. The van der Waals surface area contributed by atoms with Crippen LogP contribution in [0.2, 0.25) is 5.02 Å². The van der Waals surface area contributed by atoms with Crippen molar-refractivity contribution >= 4 is 29.4 Å². The third-order valence-electron chi connectivity index (χ3n) is 3.27. The zero-order valence-electron chi connectivity index (χ0n) is 14.0. The van der Waals surface area contributed by atoms with Crippen LogP contribution in [0.15, 0.2) is 48.5 Å². The predicted octanol–water partition coefficient (Wildman–Crippen LogP) is 1.90. The normalized spacial score (nSPS) is 9.92. The number of halogens is 1. The molecule has 8 heteroatoms. The Morgan fingerprint density at radius 2 is 1.77 bits per heavy atom. The average molecular weight is 377 g/mol. The smallest absolute Gasteiger partial charge is 0.310 e. The van der Waals surface area contributed by atoms with E-state index in [1.807, 2.05) is 0 Å². The third-order valence-corrected chi connectivity index (χ3v) is 3.52. The Morgan fingerprint density at radius 3 is 2.46 bits per heavy atom. The Balaban J connectivity index is 1.73. The first-order chi connectivity index (χ1) is 12.5. The number of esters is 1. The Labute approximate surface area is 155 Å². The van der Waals surface area contributed by atoms with Gasteiger partial charge in [0.25, 0.3) is 11.8 Å². The standard InChI is InChI=1S/C18H17ClN2O5/c1-25-15-4-2-3-12(9-15)10-17(23)26-11-16(22)20-21-18(24)13-5-7-14(19)8-6-13/h2-9H,10-11H2,1H3,(H,20,22)(H,21,24). The van der Waals surface area contributed by atoms with Gasteiger partial charge in [0, 0.05) is 10.6 Å². The topological polar surface area (TPSA) is 93.7 Å². The SMILES string of the molecule is COc1cccc(CC(=O)OCC(=O)NNC(=O)c2ccc(Cl)cc2)c1. The van der Waals surface area contributed by atoms with Crippen LogP contribution in [-0.4, -0.2) is 31.5 Å². The first kappa shape index (κ1) is 19.3. The van der Waals surface area contributed by atoms with Crippen molar-refractivity contribution in [3.8, 4) is 5.75 Å². The lowest BCUT2D eigenvalue weighted by Crippen LogP contribution is -2.43. The number of ether oxygens (including phenoxy) is 2. The molecule has 0 saturated heterocycles. The highest BCUT2D eigenvalue weighted by molar-refractivity contribution is 6.30. The molecule has 2 N–H and O–H groups in total. The molecule has 136 valence electrons. The minimum Gasteiger partial charge on any atom is -0.497 e. The van der Waals surface area contributed by atoms with Crippen molar-refractivity contribution in [1.82, 2.24) is 10.9 Å². The zero-order valence-corrected chi connectivity index (χ0v) is 14.7. The summed E-state index contributed by atoms with van der Waals surface area (Å²) in [6.07, 6.45) is 0.00160. The number of hydrogen-bond acceptors (Lipinski definition) is 5. The fourth-order valence-electron chi connectivity index (χ4n) is 1.98. The fourth-order valence-corrected chi connectivity index (χ4v) is 2.11. The summed E-state index contributed by atoms with van der Waals surface area (Å²) in [6.45, 7) is -0.510. The summed E-state index contributed by atoms with van der Waals surface area (Å²) in [5, 5.41) is 0.494. The van der Waals surface area contributed by atoms with E-state index in [0.29, 0.717) is 21.9 Å². The van der Waals surface area contributed by atoms with Crippen LogP contribution in [0.25, 0.3) is 0 Å². The molecule has 0 heterocycles. The number of hydrazine groups is 1. The summed E-state index contributed by atoms with van der Waals surface area (Å²) in [5.74, 6) is -1.13. The second-order valence-electron chi connectivity index (χ2n) is 5.20. The van der Waals surface area contributed by atoms with Crippen molar-refractivity contribution in [1.29, 1.82) is 0 Å². The Hall–Kier alpha value is -3.06. The number of benzene rings is 2. The van der Waals surface area contributed by atoms with E-state index in [-0.39, 0.29) is 6.42 Å². The molecule has 0 aliphatic carbocycles. The Kier molecular flexibility index (Phi) is 6.99. The van der Waals surface area contributed by atoms with Crippen molar-refractivity contribution in [2.45, 2.75) is 6.42 Å². The molecule has 0 spiro atoms. The van der Waals surface area contributed by atoms with E-state index in [1.54, 1.807) is 36.4 Å². The summed E-state index contributed by atoms with van der Waals surface area (Å²) in [4.78, 5) is 35.2. The van der Waals surface area contributed by atoms with Gasteiger partial charge in [-0.25, -0.2) is 0 Å². The molecule has 0 aliphatic rings. The molecule has 0 aromatic heterocycles. The lowest BCUT2D eigenvalue weighted by atomic mass is 10.1. The van der Waals surface area contributed by atoms with E-state index >= 15 is 0 Å². The fraction of sp³-hybridized carbons (Fsp3) is 0.167. The van der Waals surface area contributed by atoms with E-state index in [1.165, 1.54) is 19.2 Å². The van der Waals surface area contributed by atoms with Crippen molar-refractivity contribution in [2.24, 2.45) is 0 Å². The molecule has 7 nitrogen and oxygen atoms in total. The van der Waals surface area contributed by atoms with Gasteiger partial charge in [-0.2, -0.15) is 0 Å². The molecule has 0 bridgehead atoms. The van der Waals surface area contributed by atoms with Crippen molar-refractivity contribution in [3.05, 3.63) is 64.7 Å².